The third kappa shape index (κ3) is 4.16. The van der Waals surface area contributed by atoms with Gasteiger partial charge in [0, 0.05) is 6.61 Å². The lowest BCUT2D eigenvalue weighted by molar-refractivity contribution is 0.0157. The van der Waals surface area contributed by atoms with Gasteiger partial charge in [0.1, 0.15) is 12.7 Å². The van der Waals surface area contributed by atoms with E-state index in [1.54, 1.807) is 12.1 Å². The van der Waals surface area contributed by atoms with Gasteiger partial charge in [-0.25, -0.2) is 4.39 Å². The fraction of sp³-hybridized carbons (Fsp3) is 0.500. The number of halogens is 1. The maximum Gasteiger partial charge on any atom is 0.165 e. The van der Waals surface area contributed by atoms with Crippen molar-refractivity contribution in [1.82, 2.24) is 0 Å². The molecule has 0 heterocycles. The van der Waals surface area contributed by atoms with Crippen LogP contribution in [0.2, 0.25) is 0 Å². The Kier molecular flexibility index (Phi) is 5.22. The SMILES string of the molecule is CCOCC(O)COc1cc(C)ccc1F. The van der Waals surface area contributed by atoms with Crippen LogP contribution in [0, 0.1) is 12.7 Å². The molecule has 1 N–H and O–H groups in total. The van der Waals surface area contributed by atoms with Crippen LogP contribution in [0.5, 0.6) is 5.75 Å². The zero-order valence-electron chi connectivity index (χ0n) is 9.57. The third-order valence-electron chi connectivity index (χ3n) is 2.03. The van der Waals surface area contributed by atoms with Gasteiger partial charge in [0.2, 0.25) is 0 Å². The molecular weight excluding hydrogens is 211 g/mol. The average molecular weight is 228 g/mol. The van der Waals surface area contributed by atoms with Crippen molar-refractivity contribution in [1.29, 1.82) is 0 Å². The molecule has 0 radical (unpaired) electrons. The first kappa shape index (κ1) is 12.9. The molecule has 0 amide bonds. The zero-order valence-corrected chi connectivity index (χ0v) is 9.57. The first-order chi connectivity index (χ1) is 7.63. The number of aryl methyl sites for hydroxylation is 1. The summed E-state index contributed by atoms with van der Waals surface area (Å²) in [6, 6.07) is 4.61. The van der Waals surface area contributed by atoms with Crippen molar-refractivity contribution in [3.05, 3.63) is 29.6 Å². The van der Waals surface area contributed by atoms with Gasteiger partial charge < -0.3 is 14.6 Å². The first-order valence-electron chi connectivity index (χ1n) is 5.28. The van der Waals surface area contributed by atoms with Gasteiger partial charge in [-0.05, 0) is 31.5 Å². The average Bonchev–Trinajstić information content (AvgIpc) is 2.27. The van der Waals surface area contributed by atoms with E-state index in [4.69, 9.17) is 9.47 Å². The fourth-order valence-electron chi connectivity index (χ4n) is 1.21. The molecule has 4 heteroatoms. The van der Waals surface area contributed by atoms with Crippen LogP contribution < -0.4 is 4.74 Å². The van der Waals surface area contributed by atoms with Crippen LogP contribution >= 0.6 is 0 Å². The minimum Gasteiger partial charge on any atom is -0.488 e. The highest BCUT2D eigenvalue weighted by Crippen LogP contribution is 2.18. The number of ether oxygens (including phenoxy) is 2. The van der Waals surface area contributed by atoms with E-state index >= 15 is 0 Å². The topological polar surface area (TPSA) is 38.7 Å². The number of hydrogen-bond donors (Lipinski definition) is 1. The van der Waals surface area contributed by atoms with Crippen LogP contribution in [0.4, 0.5) is 4.39 Å². The molecule has 3 nitrogen and oxygen atoms in total. The summed E-state index contributed by atoms with van der Waals surface area (Å²) in [6.07, 6.45) is -0.736. The zero-order chi connectivity index (χ0) is 12.0. The molecule has 1 aromatic carbocycles. The van der Waals surface area contributed by atoms with Gasteiger partial charge in [-0.15, -0.1) is 0 Å². The van der Waals surface area contributed by atoms with Crippen molar-refractivity contribution in [2.45, 2.75) is 20.0 Å². The standard InChI is InChI=1S/C12H17FO3/c1-3-15-7-10(14)8-16-12-6-9(2)4-5-11(12)13/h4-6,10,14H,3,7-8H2,1-2H3. The highest BCUT2D eigenvalue weighted by Gasteiger charge is 2.08. The Hall–Kier alpha value is -1.13. The number of benzene rings is 1. The second-order valence-corrected chi connectivity index (χ2v) is 3.56. The quantitative estimate of drug-likeness (QED) is 0.808. The molecule has 1 unspecified atom stereocenters. The summed E-state index contributed by atoms with van der Waals surface area (Å²) in [5.41, 5.74) is 0.913. The van der Waals surface area contributed by atoms with Gasteiger partial charge in [0.15, 0.2) is 11.6 Å². The maximum atomic E-state index is 13.2. The van der Waals surface area contributed by atoms with E-state index in [-0.39, 0.29) is 19.0 Å². The highest BCUT2D eigenvalue weighted by molar-refractivity contribution is 5.29. The van der Waals surface area contributed by atoms with Gasteiger partial charge in [-0.2, -0.15) is 0 Å². The molecule has 0 spiro atoms. The van der Waals surface area contributed by atoms with E-state index in [0.717, 1.165) is 5.56 Å². The van der Waals surface area contributed by atoms with E-state index < -0.39 is 11.9 Å². The first-order valence-corrected chi connectivity index (χ1v) is 5.28. The molecule has 16 heavy (non-hydrogen) atoms. The molecule has 1 atom stereocenters. The highest BCUT2D eigenvalue weighted by atomic mass is 19.1. The molecule has 1 aromatic rings. The second kappa shape index (κ2) is 6.45. The van der Waals surface area contributed by atoms with E-state index in [0.29, 0.717) is 6.61 Å². The minimum absolute atomic E-state index is 0.0281. The van der Waals surface area contributed by atoms with Crippen molar-refractivity contribution in [2.75, 3.05) is 19.8 Å². The minimum atomic E-state index is -0.736. The van der Waals surface area contributed by atoms with Crippen molar-refractivity contribution >= 4 is 0 Å². The smallest absolute Gasteiger partial charge is 0.165 e. The summed E-state index contributed by atoms with van der Waals surface area (Å²) in [6.45, 7) is 4.46. The summed E-state index contributed by atoms with van der Waals surface area (Å²) in [5.74, 6) is -0.259. The van der Waals surface area contributed by atoms with Crippen LogP contribution in [-0.2, 0) is 4.74 Å². The van der Waals surface area contributed by atoms with E-state index in [2.05, 4.69) is 0 Å². The van der Waals surface area contributed by atoms with Gasteiger partial charge in [0.25, 0.3) is 0 Å². The Labute approximate surface area is 94.8 Å². The normalized spacial score (nSPS) is 12.5. The van der Waals surface area contributed by atoms with Crippen molar-refractivity contribution in [3.63, 3.8) is 0 Å². The molecule has 0 aliphatic rings. The van der Waals surface area contributed by atoms with E-state index in [1.807, 2.05) is 13.8 Å². The van der Waals surface area contributed by atoms with Crippen molar-refractivity contribution in [2.24, 2.45) is 0 Å². The van der Waals surface area contributed by atoms with Crippen molar-refractivity contribution in [3.8, 4) is 5.75 Å². The number of rotatable bonds is 6. The van der Waals surface area contributed by atoms with Crippen LogP contribution in [0.25, 0.3) is 0 Å². The van der Waals surface area contributed by atoms with E-state index in [1.165, 1.54) is 6.07 Å². The number of aliphatic hydroxyl groups is 1. The molecule has 90 valence electrons. The molecule has 0 saturated carbocycles. The monoisotopic (exact) mass is 228 g/mol. The van der Waals surface area contributed by atoms with E-state index in [9.17, 15) is 9.50 Å². The van der Waals surface area contributed by atoms with Crippen LogP contribution in [0.3, 0.4) is 0 Å². The third-order valence-corrected chi connectivity index (χ3v) is 2.03. The summed E-state index contributed by atoms with van der Waals surface area (Å²) >= 11 is 0. The number of aliphatic hydroxyl groups excluding tert-OH is 1. The Morgan fingerprint density at radius 3 is 2.81 bits per heavy atom. The Balaban J connectivity index is 2.44. The molecule has 0 saturated heterocycles. The van der Waals surface area contributed by atoms with Crippen LogP contribution in [0.15, 0.2) is 18.2 Å². The van der Waals surface area contributed by atoms with Crippen molar-refractivity contribution < 1.29 is 19.0 Å². The lowest BCUT2D eigenvalue weighted by Crippen LogP contribution is -2.23. The summed E-state index contributed by atoms with van der Waals surface area (Å²) < 4.78 is 23.4. The predicted octanol–water partition coefficient (Wildman–Crippen LogP) is 1.91. The Morgan fingerprint density at radius 1 is 1.38 bits per heavy atom. The number of hydrogen-bond acceptors (Lipinski definition) is 3. The molecule has 0 aliphatic carbocycles. The van der Waals surface area contributed by atoms with Gasteiger partial charge in [-0.1, -0.05) is 6.07 Å². The Bertz CT molecular complexity index is 328. The molecule has 0 fully saturated rings. The van der Waals surface area contributed by atoms with Gasteiger partial charge in [-0.3, -0.25) is 0 Å². The van der Waals surface area contributed by atoms with Gasteiger partial charge in [0.05, 0.1) is 6.61 Å². The molecular formula is C12H17FO3. The molecule has 0 bridgehead atoms. The largest absolute Gasteiger partial charge is 0.488 e. The molecule has 0 aliphatic heterocycles. The maximum absolute atomic E-state index is 13.2. The lowest BCUT2D eigenvalue weighted by atomic mass is 10.2. The Morgan fingerprint density at radius 2 is 2.12 bits per heavy atom. The van der Waals surface area contributed by atoms with Crippen LogP contribution in [-0.4, -0.2) is 31.0 Å². The summed E-state index contributed by atoms with van der Waals surface area (Å²) in [7, 11) is 0. The van der Waals surface area contributed by atoms with Gasteiger partial charge >= 0.3 is 0 Å². The summed E-state index contributed by atoms with van der Waals surface area (Å²) in [4.78, 5) is 0. The van der Waals surface area contributed by atoms with Crippen LogP contribution in [0.1, 0.15) is 12.5 Å². The fourth-order valence-corrected chi connectivity index (χ4v) is 1.21. The molecule has 1 rings (SSSR count). The molecule has 0 aromatic heterocycles. The lowest BCUT2D eigenvalue weighted by Gasteiger charge is -2.12. The summed E-state index contributed by atoms with van der Waals surface area (Å²) in [5, 5.41) is 9.43. The second-order valence-electron chi connectivity index (χ2n) is 3.56. The predicted molar refractivity (Wildman–Crippen MR) is 59.1 cm³/mol.